The van der Waals surface area contributed by atoms with Crippen LogP contribution in [0.3, 0.4) is 0 Å². The molecule has 1 aromatic rings. The van der Waals surface area contributed by atoms with Gasteiger partial charge in [-0.15, -0.1) is 11.3 Å². The lowest BCUT2D eigenvalue weighted by atomic mass is 10.0. The number of amides is 1. The normalized spacial score (nSPS) is 14.2. The van der Waals surface area contributed by atoms with E-state index in [1.807, 2.05) is 5.38 Å². The quantitative estimate of drug-likeness (QED) is 0.635. The number of ether oxygens (including phenoxy) is 1. The van der Waals surface area contributed by atoms with E-state index >= 15 is 0 Å². The number of halogens is 1. The minimum atomic E-state index is -0.500. The molecule has 0 saturated carbocycles. The molecule has 1 amide bonds. The molecule has 0 aliphatic carbocycles. The number of carbonyl (C=O) groups is 2. The Labute approximate surface area is 111 Å². The van der Waals surface area contributed by atoms with E-state index in [-0.39, 0.29) is 18.2 Å². The highest BCUT2D eigenvalue weighted by molar-refractivity contribution is 9.08. The number of rotatable bonds is 3. The summed E-state index contributed by atoms with van der Waals surface area (Å²) in [6.07, 6.45) is 0.386. The molecule has 0 radical (unpaired) electrons. The summed E-state index contributed by atoms with van der Waals surface area (Å²) in [7, 11) is 0. The predicted molar refractivity (Wildman–Crippen MR) is 69.1 cm³/mol. The Morgan fingerprint density at radius 2 is 2.41 bits per heavy atom. The van der Waals surface area contributed by atoms with Crippen molar-refractivity contribution in [2.75, 3.05) is 6.61 Å². The number of esters is 1. The smallest absolute Gasteiger partial charge is 0.353 e. The molecule has 6 heteroatoms. The summed E-state index contributed by atoms with van der Waals surface area (Å²) in [5, 5.41) is 2.54. The van der Waals surface area contributed by atoms with Crippen LogP contribution in [0, 0.1) is 0 Å². The van der Waals surface area contributed by atoms with E-state index in [1.165, 1.54) is 11.3 Å². The van der Waals surface area contributed by atoms with Crippen LogP contribution in [-0.4, -0.2) is 24.2 Å². The number of aliphatic imine (C=N–C) groups is 1. The van der Waals surface area contributed by atoms with Gasteiger partial charge in [-0.1, -0.05) is 15.9 Å². The molecule has 1 aromatic heterocycles. The summed E-state index contributed by atoms with van der Waals surface area (Å²) in [5.74, 6) is -0.842. The number of hydrogen-bond acceptors (Lipinski definition) is 4. The van der Waals surface area contributed by atoms with Gasteiger partial charge in [0.05, 0.1) is 12.2 Å². The van der Waals surface area contributed by atoms with E-state index in [9.17, 15) is 9.59 Å². The number of fused-ring (bicyclic) bond motifs is 1. The van der Waals surface area contributed by atoms with Crippen molar-refractivity contribution in [2.24, 2.45) is 4.99 Å². The van der Waals surface area contributed by atoms with Gasteiger partial charge in [0.15, 0.2) is 0 Å². The zero-order chi connectivity index (χ0) is 12.4. The minimum Gasteiger partial charge on any atom is -0.461 e. The van der Waals surface area contributed by atoms with E-state index in [0.717, 1.165) is 10.4 Å². The second-order valence-electron chi connectivity index (χ2n) is 3.45. The second-order valence-corrected chi connectivity index (χ2v) is 4.98. The number of thiophene rings is 1. The van der Waals surface area contributed by atoms with Crippen molar-refractivity contribution in [3.8, 4) is 0 Å². The lowest BCUT2D eigenvalue weighted by Gasteiger charge is -2.11. The molecule has 1 aliphatic rings. The first-order valence-electron chi connectivity index (χ1n) is 5.11. The SMILES string of the molecule is CCOC(=O)C1=NC(=O)c2c(CBr)csc2C1. The van der Waals surface area contributed by atoms with Crippen LogP contribution in [0.15, 0.2) is 10.4 Å². The van der Waals surface area contributed by atoms with Crippen molar-refractivity contribution in [1.82, 2.24) is 0 Å². The molecule has 4 nitrogen and oxygen atoms in total. The average Bonchev–Trinajstić information content (AvgIpc) is 2.72. The minimum absolute atomic E-state index is 0.201. The van der Waals surface area contributed by atoms with Crippen LogP contribution in [-0.2, 0) is 21.3 Å². The molecule has 1 aliphatic heterocycles. The van der Waals surface area contributed by atoms with Gasteiger partial charge in [-0.2, -0.15) is 0 Å². The van der Waals surface area contributed by atoms with Crippen molar-refractivity contribution in [3.05, 3.63) is 21.4 Å². The van der Waals surface area contributed by atoms with Crippen molar-refractivity contribution >= 4 is 44.9 Å². The van der Waals surface area contributed by atoms with Crippen LogP contribution < -0.4 is 0 Å². The molecule has 0 spiro atoms. The molecule has 0 bridgehead atoms. The molecule has 0 saturated heterocycles. The molecule has 0 N–H and O–H groups in total. The highest BCUT2D eigenvalue weighted by Crippen LogP contribution is 2.29. The summed E-state index contributed by atoms with van der Waals surface area (Å²) in [5.41, 5.74) is 1.77. The first-order chi connectivity index (χ1) is 8.17. The zero-order valence-electron chi connectivity index (χ0n) is 9.16. The number of carbonyl (C=O) groups excluding carboxylic acids is 2. The summed E-state index contributed by atoms with van der Waals surface area (Å²) in [4.78, 5) is 28.1. The van der Waals surface area contributed by atoms with Crippen LogP contribution in [0.4, 0.5) is 0 Å². The Bertz CT molecular complexity index is 507. The fourth-order valence-electron chi connectivity index (χ4n) is 1.63. The number of alkyl halides is 1. The van der Waals surface area contributed by atoms with Crippen molar-refractivity contribution < 1.29 is 14.3 Å². The lowest BCUT2D eigenvalue weighted by Crippen LogP contribution is -2.25. The number of hydrogen-bond donors (Lipinski definition) is 0. The fraction of sp³-hybridized carbons (Fsp3) is 0.364. The van der Waals surface area contributed by atoms with Gasteiger partial charge in [-0.3, -0.25) is 4.79 Å². The second kappa shape index (κ2) is 5.10. The largest absolute Gasteiger partial charge is 0.461 e. The Morgan fingerprint density at radius 3 is 3.06 bits per heavy atom. The summed E-state index contributed by atoms with van der Waals surface area (Å²) in [6, 6.07) is 0. The third-order valence-electron chi connectivity index (χ3n) is 2.38. The maximum Gasteiger partial charge on any atom is 0.353 e. The summed E-state index contributed by atoms with van der Waals surface area (Å²) in [6.45, 7) is 2.01. The first kappa shape index (κ1) is 12.4. The first-order valence-corrected chi connectivity index (χ1v) is 7.11. The lowest BCUT2D eigenvalue weighted by molar-refractivity contribution is -0.135. The van der Waals surface area contributed by atoms with Gasteiger partial charge in [0.2, 0.25) is 0 Å². The van der Waals surface area contributed by atoms with Gasteiger partial charge < -0.3 is 4.74 Å². The van der Waals surface area contributed by atoms with Gasteiger partial charge >= 0.3 is 5.97 Å². The molecule has 0 atom stereocenters. The van der Waals surface area contributed by atoms with Crippen LogP contribution in [0.1, 0.15) is 27.7 Å². The third-order valence-corrected chi connectivity index (χ3v) is 4.02. The van der Waals surface area contributed by atoms with Crippen LogP contribution in [0.5, 0.6) is 0 Å². The monoisotopic (exact) mass is 315 g/mol. The predicted octanol–water partition coefficient (Wildman–Crippen LogP) is 2.34. The molecule has 17 heavy (non-hydrogen) atoms. The van der Waals surface area contributed by atoms with Gasteiger partial charge in [0.25, 0.3) is 5.91 Å². The number of nitrogens with zero attached hydrogens (tertiary/aromatic N) is 1. The fourth-order valence-corrected chi connectivity index (χ4v) is 3.33. The van der Waals surface area contributed by atoms with Gasteiger partial charge in [0, 0.05) is 16.6 Å². The van der Waals surface area contributed by atoms with Gasteiger partial charge in [0.1, 0.15) is 5.71 Å². The van der Waals surface area contributed by atoms with Gasteiger partial charge in [-0.05, 0) is 17.9 Å². The van der Waals surface area contributed by atoms with Crippen molar-refractivity contribution in [2.45, 2.75) is 18.7 Å². The van der Waals surface area contributed by atoms with E-state index in [2.05, 4.69) is 20.9 Å². The Hall–Kier alpha value is -1.01. The highest BCUT2D eigenvalue weighted by Gasteiger charge is 2.27. The van der Waals surface area contributed by atoms with E-state index in [0.29, 0.717) is 17.3 Å². The van der Waals surface area contributed by atoms with Gasteiger partial charge in [-0.25, -0.2) is 9.79 Å². The molecule has 0 aromatic carbocycles. The van der Waals surface area contributed by atoms with E-state index < -0.39 is 5.97 Å². The highest BCUT2D eigenvalue weighted by atomic mass is 79.9. The summed E-state index contributed by atoms with van der Waals surface area (Å²) >= 11 is 4.81. The van der Waals surface area contributed by atoms with Crippen molar-refractivity contribution in [1.29, 1.82) is 0 Å². The van der Waals surface area contributed by atoms with Crippen LogP contribution in [0.2, 0.25) is 0 Å². The van der Waals surface area contributed by atoms with Crippen molar-refractivity contribution in [3.63, 3.8) is 0 Å². The standard InChI is InChI=1S/C11H10BrNO3S/c1-2-16-11(15)7-3-8-9(10(14)13-7)6(4-12)5-17-8/h5H,2-4H2,1H3. The molecule has 0 unspecified atom stereocenters. The average molecular weight is 316 g/mol. The Kier molecular flexibility index (Phi) is 3.73. The molecule has 2 rings (SSSR count). The summed E-state index contributed by atoms with van der Waals surface area (Å²) < 4.78 is 4.85. The third kappa shape index (κ3) is 2.32. The Morgan fingerprint density at radius 1 is 1.65 bits per heavy atom. The zero-order valence-corrected chi connectivity index (χ0v) is 11.6. The van der Waals surface area contributed by atoms with E-state index in [4.69, 9.17) is 4.74 Å². The Balaban J connectivity index is 2.30. The van der Waals surface area contributed by atoms with Crippen LogP contribution >= 0.6 is 27.3 Å². The van der Waals surface area contributed by atoms with E-state index in [1.54, 1.807) is 6.92 Å². The van der Waals surface area contributed by atoms with Crippen LogP contribution in [0.25, 0.3) is 0 Å². The molecule has 0 fully saturated rings. The maximum atomic E-state index is 11.8. The molecule has 2 heterocycles. The topological polar surface area (TPSA) is 55.7 Å². The molecule has 90 valence electrons. The molecular weight excluding hydrogens is 306 g/mol. The molecular formula is C11H10BrNO3S. The maximum absolute atomic E-state index is 11.8.